The normalized spacial score (nSPS) is 16.7. The number of benzene rings is 1. The molecule has 3 heteroatoms. The van der Waals surface area contributed by atoms with Crippen molar-refractivity contribution >= 4 is 10.9 Å². The molecule has 1 saturated carbocycles. The fraction of sp³-hybridized carbons (Fsp3) is 0.467. The molecule has 0 spiro atoms. The number of rotatable bonds is 3. The van der Waals surface area contributed by atoms with Gasteiger partial charge in [0.15, 0.2) is 0 Å². The van der Waals surface area contributed by atoms with E-state index < -0.39 is 0 Å². The second kappa shape index (κ2) is 4.65. The Kier molecular flexibility index (Phi) is 3.00. The summed E-state index contributed by atoms with van der Waals surface area (Å²) in [4.78, 5) is 0. The summed E-state index contributed by atoms with van der Waals surface area (Å²) in [5.74, 6) is 0.336. The van der Waals surface area contributed by atoms with E-state index in [1.807, 2.05) is 12.1 Å². The van der Waals surface area contributed by atoms with Gasteiger partial charge in [0.2, 0.25) is 0 Å². The zero-order chi connectivity index (χ0) is 12.5. The average Bonchev–Trinajstić information content (AvgIpc) is 2.95. The molecule has 0 unspecified atom stereocenters. The number of fused-ring (bicyclic) bond motifs is 1. The summed E-state index contributed by atoms with van der Waals surface area (Å²) in [6, 6.07) is 8.41. The molecule has 96 valence electrons. The van der Waals surface area contributed by atoms with Crippen molar-refractivity contribution < 1.29 is 5.11 Å². The van der Waals surface area contributed by atoms with Gasteiger partial charge < -0.3 is 15.0 Å². The van der Waals surface area contributed by atoms with E-state index in [-0.39, 0.29) is 0 Å². The van der Waals surface area contributed by atoms with Gasteiger partial charge in [-0.05, 0) is 37.1 Å². The number of aromatic hydroxyl groups is 1. The number of nitrogens with zero attached hydrogens (tertiary/aromatic N) is 1. The van der Waals surface area contributed by atoms with Crippen LogP contribution in [0, 0.1) is 0 Å². The lowest BCUT2D eigenvalue weighted by atomic mass is 10.2. The molecule has 1 aromatic carbocycles. The molecular formula is C15H20N2O. The Balaban J connectivity index is 1.80. The molecule has 0 bridgehead atoms. The molecule has 1 heterocycles. The van der Waals surface area contributed by atoms with E-state index in [1.165, 1.54) is 36.9 Å². The minimum absolute atomic E-state index is 0.336. The molecule has 18 heavy (non-hydrogen) atoms. The maximum atomic E-state index is 9.51. The number of aromatic nitrogens is 1. The van der Waals surface area contributed by atoms with Crippen LogP contribution in [0.15, 0.2) is 24.3 Å². The minimum Gasteiger partial charge on any atom is -0.508 e. The number of phenolic OH excluding ortho intramolecular Hbond substituents is 1. The molecule has 1 aromatic heterocycles. The number of hydrogen-bond donors (Lipinski definition) is 2. The van der Waals surface area contributed by atoms with Crippen molar-refractivity contribution in [1.29, 1.82) is 0 Å². The van der Waals surface area contributed by atoms with Gasteiger partial charge in [0.25, 0.3) is 0 Å². The SMILES string of the molecule is Cn1c(CNC2CCCC2)cc2cc(O)ccc21. The maximum Gasteiger partial charge on any atom is 0.116 e. The zero-order valence-electron chi connectivity index (χ0n) is 10.8. The molecule has 0 aliphatic heterocycles. The van der Waals surface area contributed by atoms with Crippen molar-refractivity contribution in [1.82, 2.24) is 9.88 Å². The fourth-order valence-electron chi connectivity index (χ4n) is 2.94. The van der Waals surface area contributed by atoms with Gasteiger partial charge in [-0.3, -0.25) is 0 Å². The van der Waals surface area contributed by atoms with Gasteiger partial charge in [-0.1, -0.05) is 12.8 Å². The van der Waals surface area contributed by atoms with E-state index in [2.05, 4.69) is 23.0 Å². The van der Waals surface area contributed by atoms with Crippen LogP contribution in [0.2, 0.25) is 0 Å². The molecule has 1 aliphatic carbocycles. The number of hydrogen-bond acceptors (Lipinski definition) is 2. The zero-order valence-corrected chi connectivity index (χ0v) is 10.8. The van der Waals surface area contributed by atoms with Gasteiger partial charge in [0.05, 0.1) is 0 Å². The molecule has 2 N–H and O–H groups in total. The van der Waals surface area contributed by atoms with Crippen LogP contribution in [-0.2, 0) is 13.6 Å². The summed E-state index contributed by atoms with van der Waals surface area (Å²) in [5, 5.41) is 14.3. The number of aryl methyl sites for hydroxylation is 1. The Morgan fingerprint density at radius 3 is 2.83 bits per heavy atom. The molecule has 3 nitrogen and oxygen atoms in total. The van der Waals surface area contributed by atoms with E-state index in [0.717, 1.165) is 11.9 Å². The highest BCUT2D eigenvalue weighted by molar-refractivity contribution is 5.82. The highest BCUT2D eigenvalue weighted by Gasteiger charge is 2.15. The first kappa shape index (κ1) is 11.6. The summed E-state index contributed by atoms with van der Waals surface area (Å²) in [6.45, 7) is 0.913. The second-order valence-corrected chi connectivity index (χ2v) is 5.30. The molecule has 0 amide bonds. The third kappa shape index (κ3) is 2.10. The molecule has 1 aliphatic rings. The van der Waals surface area contributed by atoms with Crippen molar-refractivity contribution in [3.05, 3.63) is 30.0 Å². The quantitative estimate of drug-likeness (QED) is 0.871. The molecule has 0 radical (unpaired) electrons. The summed E-state index contributed by atoms with van der Waals surface area (Å²) in [7, 11) is 2.09. The predicted molar refractivity (Wildman–Crippen MR) is 73.7 cm³/mol. The first-order chi connectivity index (χ1) is 8.74. The number of nitrogens with one attached hydrogen (secondary N) is 1. The smallest absolute Gasteiger partial charge is 0.116 e. The Hall–Kier alpha value is -1.48. The van der Waals surface area contributed by atoms with E-state index in [0.29, 0.717) is 11.8 Å². The van der Waals surface area contributed by atoms with Crippen LogP contribution >= 0.6 is 0 Å². The van der Waals surface area contributed by atoms with Crippen LogP contribution in [0.3, 0.4) is 0 Å². The summed E-state index contributed by atoms with van der Waals surface area (Å²) in [5.41, 5.74) is 2.46. The van der Waals surface area contributed by atoms with Gasteiger partial charge in [-0.2, -0.15) is 0 Å². The van der Waals surface area contributed by atoms with Crippen LogP contribution in [0.5, 0.6) is 5.75 Å². The highest BCUT2D eigenvalue weighted by Crippen LogP contribution is 2.24. The molecule has 3 rings (SSSR count). The van der Waals surface area contributed by atoms with Crippen molar-refractivity contribution in [3.63, 3.8) is 0 Å². The van der Waals surface area contributed by atoms with Crippen molar-refractivity contribution in [2.75, 3.05) is 0 Å². The Morgan fingerprint density at radius 1 is 1.28 bits per heavy atom. The Labute approximate surface area is 107 Å². The lowest BCUT2D eigenvalue weighted by molar-refractivity contribution is 0.476. The lowest BCUT2D eigenvalue weighted by Gasteiger charge is -2.12. The van der Waals surface area contributed by atoms with Crippen LogP contribution in [0.25, 0.3) is 10.9 Å². The third-order valence-corrected chi connectivity index (χ3v) is 4.05. The predicted octanol–water partition coefficient (Wildman–Crippen LogP) is 2.92. The van der Waals surface area contributed by atoms with E-state index in [4.69, 9.17) is 0 Å². The summed E-state index contributed by atoms with van der Waals surface area (Å²) >= 11 is 0. The summed E-state index contributed by atoms with van der Waals surface area (Å²) in [6.07, 6.45) is 5.34. The highest BCUT2D eigenvalue weighted by atomic mass is 16.3. The molecule has 1 fully saturated rings. The van der Waals surface area contributed by atoms with Crippen LogP contribution in [0.4, 0.5) is 0 Å². The minimum atomic E-state index is 0.336. The van der Waals surface area contributed by atoms with Crippen LogP contribution in [-0.4, -0.2) is 15.7 Å². The maximum absolute atomic E-state index is 9.51. The van der Waals surface area contributed by atoms with E-state index in [9.17, 15) is 5.11 Å². The van der Waals surface area contributed by atoms with Crippen molar-refractivity contribution in [2.45, 2.75) is 38.3 Å². The van der Waals surface area contributed by atoms with Crippen LogP contribution < -0.4 is 5.32 Å². The first-order valence-corrected chi connectivity index (χ1v) is 6.75. The van der Waals surface area contributed by atoms with Gasteiger partial charge in [0, 0.05) is 36.2 Å². The van der Waals surface area contributed by atoms with Gasteiger partial charge >= 0.3 is 0 Å². The topological polar surface area (TPSA) is 37.2 Å². The Bertz CT molecular complexity index is 553. The number of phenols is 1. The first-order valence-electron chi connectivity index (χ1n) is 6.75. The van der Waals surface area contributed by atoms with Crippen LogP contribution in [0.1, 0.15) is 31.4 Å². The Morgan fingerprint density at radius 2 is 2.06 bits per heavy atom. The largest absolute Gasteiger partial charge is 0.508 e. The lowest BCUT2D eigenvalue weighted by Crippen LogP contribution is -2.26. The van der Waals surface area contributed by atoms with E-state index in [1.54, 1.807) is 6.07 Å². The van der Waals surface area contributed by atoms with E-state index >= 15 is 0 Å². The summed E-state index contributed by atoms with van der Waals surface area (Å²) < 4.78 is 2.21. The fourth-order valence-corrected chi connectivity index (χ4v) is 2.94. The monoisotopic (exact) mass is 244 g/mol. The van der Waals surface area contributed by atoms with Gasteiger partial charge in [0.1, 0.15) is 5.75 Å². The molecular weight excluding hydrogens is 224 g/mol. The van der Waals surface area contributed by atoms with Gasteiger partial charge in [-0.15, -0.1) is 0 Å². The molecule has 2 aromatic rings. The molecule has 0 atom stereocenters. The van der Waals surface area contributed by atoms with Crippen molar-refractivity contribution in [3.8, 4) is 5.75 Å². The van der Waals surface area contributed by atoms with Crippen molar-refractivity contribution in [2.24, 2.45) is 7.05 Å². The standard InChI is InChI=1S/C15H20N2O/c1-17-13(10-16-12-4-2-3-5-12)8-11-9-14(18)6-7-15(11)17/h6-9,12,16,18H,2-5,10H2,1H3. The molecule has 0 saturated heterocycles. The third-order valence-electron chi connectivity index (χ3n) is 4.05. The average molecular weight is 244 g/mol. The van der Waals surface area contributed by atoms with Gasteiger partial charge in [-0.25, -0.2) is 0 Å². The second-order valence-electron chi connectivity index (χ2n) is 5.30.